The normalized spacial score (nSPS) is 34.3. The first-order chi connectivity index (χ1) is 12.7. The van der Waals surface area contributed by atoms with E-state index in [2.05, 4.69) is 10.6 Å². The maximum Gasteiger partial charge on any atom is 0.245 e. The van der Waals surface area contributed by atoms with Crippen LogP contribution in [0.1, 0.15) is 51.5 Å². The van der Waals surface area contributed by atoms with Crippen molar-refractivity contribution in [1.29, 1.82) is 0 Å². The van der Waals surface area contributed by atoms with Crippen molar-refractivity contribution in [3.05, 3.63) is 29.8 Å². The third-order valence-corrected chi connectivity index (χ3v) is 7.13. The van der Waals surface area contributed by atoms with E-state index in [0.29, 0.717) is 17.8 Å². The van der Waals surface area contributed by atoms with Gasteiger partial charge in [-0.25, -0.2) is 0 Å². The standard InChI is InChI=1S/C22H31N3O2/c1-13-5-4-6-17(7-13)25-21(2,3)20(27)24-18-16-9-14-8-15(10-16)12-22(18,11-14)19(23)26/h4-7,14-16,18,25H,8-12H2,1-3H3,(H2,23,26)(H,24,27). The van der Waals surface area contributed by atoms with Crippen LogP contribution in [0.2, 0.25) is 0 Å². The van der Waals surface area contributed by atoms with Crippen LogP contribution in [0.25, 0.3) is 0 Å². The highest BCUT2D eigenvalue weighted by Gasteiger charge is 2.60. The molecule has 4 aliphatic carbocycles. The van der Waals surface area contributed by atoms with Crippen LogP contribution in [-0.2, 0) is 9.59 Å². The lowest BCUT2D eigenvalue weighted by Gasteiger charge is -2.60. The van der Waals surface area contributed by atoms with Gasteiger partial charge in [-0.3, -0.25) is 9.59 Å². The smallest absolute Gasteiger partial charge is 0.245 e. The summed E-state index contributed by atoms with van der Waals surface area (Å²) in [7, 11) is 0. The Morgan fingerprint density at radius 1 is 1.15 bits per heavy atom. The second-order valence-corrected chi connectivity index (χ2v) is 9.70. The van der Waals surface area contributed by atoms with Gasteiger partial charge in [-0.1, -0.05) is 12.1 Å². The van der Waals surface area contributed by atoms with Crippen LogP contribution in [0.4, 0.5) is 5.69 Å². The SMILES string of the molecule is Cc1cccc(NC(C)(C)C(=O)NC2C3CC4CC(C3)CC2(C(N)=O)C4)c1. The van der Waals surface area contributed by atoms with Crippen molar-refractivity contribution < 1.29 is 9.59 Å². The number of carbonyl (C=O) groups is 2. The van der Waals surface area contributed by atoms with Gasteiger partial charge in [-0.15, -0.1) is 0 Å². The van der Waals surface area contributed by atoms with Crippen molar-refractivity contribution in [2.75, 3.05) is 5.32 Å². The van der Waals surface area contributed by atoms with Crippen LogP contribution in [0.15, 0.2) is 24.3 Å². The molecule has 0 saturated heterocycles. The molecule has 4 bridgehead atoms. The molecule has 5 nitrogen and oxygen atoms in total. The third kappa shape index (κ3) is 3.11. The summed E-state index contributed by atoms with van der Waals surface area (Å²) in [5.74, 6) is 1.28. The van der Waals surface area contributed by atoms with Crippen molar-refractivity contribution >= 4 is 17.5 Å². The van der Waals surface area contributed by atoms with E-state index in [-0.39, 0.29) is 17.9 Å². The number of aryl methyl sites for hydroxylation is 1. The Morgan fingerprint density at radius 3 is 2.41 bits per heavy atom. The average Bonchev–Trinajstić information content (AvgIpc) is 2.56. The Bertz CT molecular complexity index is 759. The molecule has 0 aromatic heterocycles. The molecule has 4 saturated carbocycles. The largest absolute Gasteiger partial charge is 0.372 e. The quantitative estimate of drug-likeness (QED) is 0.746. The number of amides is 2. The van der Waals surface area contributed by atoms with Crippen LogP contribution in [0.5, 0.6) is 0 Å². The van der Waals surface area contributed by atoms with Crippen molar-refractivity contribution in [1.82, 2.24) is 5.32 Å². The minimum atomic E-state index is -0.776. The fraction of sp³-hybridized carbons (Fsp3) is 0.636. The van der Waals surface area contributed by atoms with E-state index in [1.165, 1.54) is 6.42 Å². The van der Waals surface area contributed by atoms with E-state index in [1.54, 1.807) is 0 Å². The fourth-order valence-electron chi connectivity index (χ4n) is 6.11. The molecule has 5 heteroatoms. The van der Waals surface area contributed by atoms with E-state index in [0.717, 1.165) is 36.9 Å². The van der Waals surface area contributed by atoms with Gasteiger partial charge in [-0.2, -0.15) is 0 Å². The zero-order valence-electron chi connectivity index (χ0n) is 16.5. The van der Waals surface area contributed by atoms with Gasteiger partial charge in [0.2, 0.25) is 11.8 Å². The van der Waals surface area contributed by atoms with Crippen LogP contribution in [-0.4, -0.2) is 23.4 Å². The van der Waals surface area contributed by atoms with Gasteiger partial charge in [0.25, 0.3) is 0 Å². The Kier molecular flexibility index (Phi) is 4.24. The number of carbonyl (C=O) groups excluding carboxylic acids is 2. The van der Waals surface area contributed by atoms with E-state index >= 15 is 0 Å². The topological polar surface area (TPSA) is 84.2 Å². The number of nitrogens with one attached hydrogen (secondary N) is 2. The molecule has 0 aliphatic heterocycles. The van der Waals surface area contributed by atoms with Crippen LogP contribution < -0.4 is 16.4 Å². The van der Waals surface area contributed by atoms with Gasteiger partial charge >= 0.3 is 0 Å². The van der Waals surface area contributed by atoms with E-state index in [1.807, 2.05) is 45.0 Å². The Balaban J connectivity index is 1.53. The van der Waals surface area contributed by atoms with Gasteiger partial charge in [0.05, 0.1) is 5.41 Å². The number of anilines is 1. The second-order valence-electron chi connectivity index (χ2n) is 9.70. The highest BCUT2D eigenvalue weighted by Crippen LogP contribution is 2.60. The van der Waals surface area contributed by atoms with E-state index < -0.39 is 11.0 Å². The summed E-state index contributed by atoms with van der Waals surface area (Å²) in [6, 6.07) is 7.88. The van der Waals surface area contributed by atoms with Gasteiger partial charge in [0, 0.05) is 11.7 Å². The third-order valence-electron chi connectivity index (χ3n) is 7.13. The minimum Gasteiger partial charge on any atom is -0.372 e. The summed E-state index contributed by atoms with van der Waals surface area (Å²) >= 11 is 0. The fourth-order valence-corrected chi connectivity index (χ4v) is 6.11. The van der Waals surface area contributed by atoms with Crippen molar-refractivity contribution in [3.63, 3.8) is 0 Å². The van der Waals surface area contributed by atoms with Gasteiger partial charge < -0.3 is 16.4 Å². The summed E-state index contributed by atoms with van der Waals surface area (Å²) in [5.41, 5.74) is 6.64. The molecule has 0 spiro atoms. The molecule has 3 atom stereocenters. The highest BCUT2D eigenvalue weighted by atomic mass is 16.2. The summed E-state index contributed by atoms with van der Waals surface area (Å²) in [6.45, 7) is 5.80. The molecule has 1 aromatic carbocycles. The lowest BCUT2D eigenvalue weighted by molar-refractivity contribution is -0.152. The minimum absolute atomic E-state index is 0.0675. The van der Waals surface area contributed by atoms with E-state index in [4.69, 9.17) is 5.73 Å². The number of primary amides is 1. The van der Waals surface area contributed by atoms with Crippen molar-refractivity contribution in [2.24, 2.45) is 28.9 Å². The number of hydrogen-bond acceptors (Lipinski definition) is 3. The zero-order chi connectivity index (χ0) is 19.4. The summed E-state index contributed by atoms with van der Waals surface area (Å²) in [4.78, 5) is 25.7. The number of nitrogens with two attached hydrogens (primary N) is 1. The van der Waals surface area contributed by atoms with Gasteiger partial charge in [0.15, 0.2) is 0 Å². The molecule has 4 aliphatic rings. The average molecular weight is 370 g/mol. The maximum absolute atomic E-state index is 13.2. The number of hydrogen-bond donors (Lipinski definition) is 3. The van der Waals surface area contributed by atoms with Crippen molar-refractivity contribution in [2.45, 2.75) is 64.5 Å². The molecular weight excluding hydrogens is 338 g/mol. The summed E-state index contributed by atoms with van der Waals surface area (Å²) < 4.78 is 0. The molecule has 0 radical (unpaired) electrons. The Hall–Kier alpha value is -2.04. The number of benzene rings is 1. The molecule has 1 aromatic rings. The first kappa shape index (κ1) is 18.3. The van der Waals surface area contributed by atoms with Crippen LogP contribution >= 0.6 is 0 Å². The van der Waals surface area contributed by atoms with E-state index in [9.17, 15) is 9.59 Å². The molecule has 0 heterocycles. The first-order valence-corrected chi connectivity index (χ1v) is 10.2. The van der Waals surface area contributed by atoms with Gasteiger partial charge in [-0.05, 0) is 88.3 Å². The monoisotopic (exact) mass is 369 g/mol. The molecule has 4 fully saturated rings. The first-order valence-electron chi connectivity index (χ1n) is 10.2. The van der Waals surface area contributed by atoms with Crippen LogP contribution in [0, 0.1) is 30.1 Å². The molecule has 3 unspecified atom stereocenters. The lowest BCUT2D eigenvalue weighted by Crippen LogP contribution is -2.68. The summed E-state index contributed by atoms with van der Waals surface area (Å²) in [6.07, 6.45) is 5.13. The highest BCUT2D eigenvalue weighted by molar-refractivity contribution is 5.90. The molecule has 146 valence electrons. The lowest BCUT2D eigenvalue weighted by atomic mass is 9.47. The molecule has 4 N–H and O–H groups in total. The maximum atomic E-state index is 13.2. The second kappa shape index (κ2) is 6.25. The zero-order valence-corrected chi connectivity index (χ0v) is 16.5. The van der Waals surface area contributed by atoms with Crippen molar-refractivity contribution in [3.8, 4) is 0 Å². The summed E-state index contributed by atoms with van der Waals surface area (Å²) in [5, 5.41) is 6.60. The van der Waals surface area contributed by atoms with Crippen LogP contribution in [0.3, 0.4) is 0 Å². The Morgan fingerprint density at radius 2 is 1.81 bits per heavy atom. The Labute approximate surface area is 161 Å². The van der Waals surface area contributed by atoms with Gasteiger partial charge in [0.1, 0.15) is 5.54 Å². The molecule has 2 amide bonds. The number of rotatable bonds is 5. The predicted octanol–water partition coefficient (Wildman–Crippen LogP) is 2.98. The molecular formula is C22H31N3O2. The molecule has 5 rings (SSSR count). The molecule has 27 heavy (non-hydrogen) atoms. The predicted molar refractivity (Wildman–Crippen MR) is 106 cm³/mol.